The lowest BCUT2D eigenvalue weighted by atomic mass is 9.98. The third-order valence-corrected chi connectivity index (χ3v) is 4.08. The second-order valence-electron chi connectivity index (χ2n) is 5.05. The molecule has 1 heterocycles. The summed E-state index contributed by atoms with van der Waals surface area (Å²) in [4.78, 5) is 14.3. The van der Waals surface area contributed by atoms with Crippen molar-refractivity contribution in [2.24, 2.45) is 0 Å². The Bertz CT molecular complexity index is 749. The van der Waals surface area contributed by atoms with Crippen LogP contribution in [0.1, 0.15) is 27.0 Å². The molecule has 4 heteroatoms. The highest BCUT2D eigenvalue weighted by molar-refractivity contribution is 6.31. The molecule has 0 saturated heterocycles. The first-order valence-electron chi connectivity index (χ1n) is 6.75. The summed E-state index contributed by atoms with van der Waals surface area (Å²) in [6.07, 6.45) is 0.857. The van der Waals surface area contributed by atoms with Crippen LogP contribution in [0, 0.1) is 11.3 Å². The van der Waals surface area contributed by atoms with Crippen LogP contribution in [0.25, 0.3) is 0 Å². The molecule has 0 N–H and O–H groups in total. The molecule has 0 saturated carbocycles. The average molecular weight is 297 g/mol. The minimum Gasteiger partial charge on any atom is -0.334 e. The summed E-state index contributed by atoms with van der Waals surface area (Å²) in [6.45, 7) is 1.16. The Morgan fingerprint density at radius 1 is 1.24 bits per heavy atom. The number of nitrogens with zero attached hydrogens (tertiary/aromatic N) is 2. The van der Waals surface area contributed by atoms with E-state index in [9.17, 15) is 4.79 Å². The number of hydrogen-bond acceptors (Lipinski definition) is 2. The quantitative estimate of drug-likeness (QED) is 0.852. The summed E-state index contributed by atoms with van der Waals surface area (Å²) in [7, 11) is 0. The van der Waals surface area contributed by atoms with Crippen molar-refractivity contribution >= 4 is 17.5 Å². The van der Waals surface area contributed by atoms with Crippen LogP contribution in [-0.2, 0) is 13.0 Å². The summed E-state index contributed by atoms with van der Waals surface area (Å²) in [5.41, 5.74) is 3.26. The Hall–Kier alpha value is -2.31. The van der Waals surface area contributed by atoms with Gasteiger partial charge in [0.1, 0.15) is 0 Å². The van der Waals surface area contributed by atoms with E-state index in [2.05, 4.69) is 6.07 Å². The number of carbonyl (C=O) groups excluding carboxylic acids is 1. The van der Waals surface area contributed by atoms with E-state index >= 15 is 0 Å². The number of hydrogen-bond donors (Lipinski definition) is 0. The molecule has 0 aromatic heterocycles. The van der Waals surface area contributed by atoms with Crippen LogP contribution in [0.2, 0.25) is 5.02 Å². The minimum absolute atomic E-state index is 0.0391. The summed E-state index contributed by atoms with van der Waals surface area (Å²) >= 11 is 6.19. The van der Waals surface area contributed by atoms with Crippen molar-refractivity contribution in [1.29, 1.82) is 5.26 Å². The van der Waals surface area contributed by atoms with E-state index in [0.29, 0.717) is 23.7 Å². The Kier molecular flexibility index (Phi) is 3.64. The van der Waals surface area contributed by atoms with Gasteiger partial charge in [-0.1, -0.05) is 35.9 Å². The molecule has 1 amide bonds. The molecule has 3 nitrogen and oxygen atoms in total. The first-order chi connectivity index (χ1) is 10.2. The zero-order valence-corrected chi connectivity index (χ0v) is 12.1. The van der Waals surface area contributed by atoms with Gasteiger partial charge in [0.2, 0.25) is 0 Å². The van der Waals surface area contributed by atoms with Crippen molar-refractivity contribution in [3.8, 4) is 6.07 Å². The van der Waals surface area contributed by atoms with E-state index < -0.39 is 0 Å². The molecule has 0 fully saturated rings. The molecule has 2 aromatic carbocycles. The van der Waals surface area contributed by atoms with Crippen LogP contribution in [0.4, 0.5) is 0 Å². The number of carbonyl (C=O) groups is 1. The number of nitriles is 1. The second kappa shape index (κ2) is 5.59. The van der Waals surface area contributed by atoms with Crippen LogP contribution in [0.5, 0.6) is 0 Å². The van der Waals surface area contributed by atoms with Gasteiger partial charge in [-0.2, -0.15) is 5.26 Å². The maximum absolute atomic E-state index is 12.5. The molecule has 104 valence electrons. The van der Waals surface area contributed by atoms with Gasteiger partial charge in [0.15, 0.2) is 0 Å². The van der Waals surface area contributed by atoms with Gasteiger partial charge in [-0.05, 0) is 35.7 Å². The first-order valence-corrected chi connectivity index (χ1v) is 7.12. The van der Waals surface area contributed by atoms with Crippen molar-refractivity contribution in [2.45, 2.75) is 13.0 Å². The Balaban J connectivity index is 1.84. The zero-order chi connectivity index (χ0) is 14.8. The van der Waals surface area contributed by atoms with Gasteiger partial charge in [-0.25, -0.2) is 0 Å². The zero-order valence-electron chi connectivity index (χ0n) is 11.3. The van der Waals surface area contributed by atoms with Gasteiger partial charge in [0.25, 0.3) is 5.91 Å². The fourth-order valence-corrected chi connectivity index (χ4v) is 2.82. The van der Waals surface area contributed by atoms with Crippen LogP contribution >= 0.6 is 11.6 Å². The van der Waals surface area contributed by atoms with E-state index in [4.69, 9.17) is 16.9 Å². The maximum Gasteiger partial charge on any atom is 0.254 e. The van der Waals surface area contributed by atoms with Crippen LogP contribution < -0.4 is 0 Å². The summed E-state index contributed by atoms with van der Waals surface area (Å²) in [6, 6.07) is 14.9. The summed E-state index contributed by atoms with van der Waals surface area (Å²) in [5, 5.41) is 9.38. The molecule has 0 atom stereocenters. The lowest BCUT2D eigenvalue weighted by Crippen LogP contribution is -2.37. The van der Waals surface area contributed by atoms with Gasteiger partial charge in [0.05, 0.1) is 11.6 Å². The fourth-order valence-electron chi connectivity index (χ4n) is 2.58. The number of fused-ring (bicyclic) bond motifs is 1. The van der Waals surface area contributed by atoms with E-state index in [1.165, 1.54) is 0 Å². The lowest BCUT2D eigenvalue weighted by Gasteiger charge is -2.28. The fraction of sp³-hybridized carbons (Fsp3) is 0.176. The average Bonchev–Trinajstić information content (AvgIpc) is 2.52. The van der Waals surface area contributed by atoms with E-state index in [-0.39, 0.29) is 5.91 Å². The highest BCUT2D eigenvalue weighted by atomic mass is 35.5. The molecular weight excluding hydrogens is 284 g/mol. The van der Waals surface area contributed by atoms with Gasteiger partial charge in [0, 0.05) is 23.7 Å². The van der Waals surface area contributed by atoms with Crippen LogP contribution in [0.3, 0.4) is 0 Å². The van der Waals surface area contributed by atoms with Crippen molar-refractivity contribution < 1.29 is 4.79 Å². The van der Waals surface area contributed by atoms with Gasteiger partial charge < -0.3 is 4.90 Å². The highest BCUT2D eigenvalue weighted by Gasteiger charge is 2.24. The van der Waals surface area contributed by atoms with Crippen LogP contribution in [0.15, 0.2) is 42.5 Å². The molecule has 1 aliphatic heterocycles. The SMILES string of the molecule is N#Cc1ccc(CN2CCc3ccccc3C2=O)c(Cl)c1. The molecule has 3 rings (SSSR count). The van der Waals surface area contributed by atoms with Crippen molar-refractivity contribution in [1.82, 2.24) is 4.90 Å². The molecule has 1 aliphatic rings. The number of benzene rings is 2. The second-order valence-corrected chi connectivity index (χ2v) is 5.46. The Morgan fingerprint density at radius 3 is 2.81 bits per heavy atom. The third-order valence-electron chi connectivity index (χ3n) is 3.73. The highest BCUT2D eigenvalue weighted by Crippen LogP contribution is 2.24. The first kappa shape index (κ1) is 13.7. The number of halogens is 1. The minimum atomic E-state index is 0.0391. The van der Waals surface area contributed by atoms with Crippen molar-refractivity contribution in [2.75, 3.05) is 6.54 Å². The summed E-state index contributed by atoms with van der Waals surface area (Å²) < 4.78 is 0. The predicted molar refractivity (Wildman–Crippen MR) is 81.1 cm³/mol. The van der Waals surface area contributed by atoms with Gasteiger partial charge in [-0.3, -0.25) is 4.79 Å². The smallest absolute Gasteiger partial charge is 0.254 e. The summed E-state index contributed by atoms with van der Waals surface area (Å²) in [5.74, 6) is 0.0391. The number of rotatable bonds is 2. The third kappa shape index (κ3) is 2.63. The van der Waals surface area contributed by atoms with Crippen molar-refractivity contribution in [3.63, 3.8) is 0 Å². The molecule has 0 unspecified atom stereocenters. The Morgan fingerprint density at radius 2 is 2.05 bits per heavy atom. The molecule has 0 bridgehead atoms. The number of amides is 1. The molecule has 0 aliphatic carbocycles. The lowest BCUT2D eigenvalue weighted by molar-refractivity contribution is 0.0727. The monoisotopic (exact) mass is 296 g/mol. The molecule has 2 aromatic rings. The topological polar surface area (TPSA) is 44.1 Å². The molecular formula is C17H13ClN2O. The standard InChI is InChI=1S/C17H13ClN2O/c18-16-9-12(10-19)5-6-14(16)11-20-8-7-13-3-1-2-4-15(13)17(20)21/h1-6,9H,7-8,11H2. The van der Waals surface area contributed by atoms with E-state index in [1.807, 2.05) is 30.3 Å². The van der Waals surface area contributed by atoms with Crippen LogP contribution in [-0.4, -0.2) is 17.4 Å². The predicted octanol–water partition coefficient (Wildman–Crippen LogP) is 3.41. The largest absolute Gasteiger partial charge is 0.334 e. The maximum atomic E-state index is 12.5. The van der Waals surface area contributed by atoms with Gasteiger partial charge in [-0.15, -0.1) is 0 Å². The molecule has 0 radical (unpaired) electrons. The van der Waals surface area contributed by atoms with Crippen molar-refractivity contribution in [3.05, 3.63) is 69.7 Å². The van der Waals surface area contributed by atoms with E-state index in [0.717, 1.165) is 23.1 Å². The van der Waals surface area contributed by atoms with Gasteiger partial charge >= 0.3 is 0 Å². The molecule has 21 heavy (non-hydrogen) atoms. The molecule has 0 spiro atoms. The van der Waals surface area contributed by atoms with E-state index in [1.54, 1.807) is 17.0 Å². The Labute approximate surface area is 128 Å². The normalized spacial score (nSPS) is 13.7.